The van der Waals surface area contributed by atoms with Gasteiger partial charge in [0.1, 0.15) is 22.9 Å². The largest absolute Gasteiger partial charge is 0.497 e. The zero-order chi connectivity index (χ0) is 26.3. The number of pyridine rings is 1. The molecule has 0 amide bonds. The Balaban J connectivity index is 1.98. The lowest BCUT2D eigenvalue weighted by atomic mass is 10.1. The average Bonchev–Trinajstić information content (AvgIpc) is 2.87. The summed E-state index contributed by atoms with van der Waals surface area (Å²) in [7, 11) is -0.671. The minimum Gasteiger partial charge on any atom is -0.497 e. The zero-order valence-corrected chi connectivity index (χ0v) is 22.8. The third kappa shape index (κ3) is 7.20. The van der Waals surface area contributed by atoms with Gasteiger partial charge in [0, 0.05) is 19.3 Å². The second-order valence-corrected chi connectivity index (χ2v) is 11.4. The van der Waals surface area contributed by atoms with Crippen molar-refractivity contribution in [3.05, 3.63) is 88.7 Å². The monoisotopic (exact) mass is 532 g/mol. The van der Waals surface area contributed by atoms with Gasteiger partial charge in [-0.3, -0.25) is 4.98 Å². The van der Waals surface area contributed by atoms with Gasteiger partial charge in [-0.2, -0.15) is 4.31 Å². The van der Waals surface area contributed by atoms with E-state index >= 15 is 0 Å². The maximum absolute atomic E-state index is 14.1. The first kappa shape index (κ1) is 27.9. The van der Waals surface area contributed by atoms with E-state index in [-0.39, 0.29) is 19.2 Å². The molecular weight excluding hydrogens is 500 g/mol. The van der Waals surface area contributed by atoms with Gasteiger partial charge < -0.3 is 14.2 Å². The van der Waals surface area contributed by atoms with Crippen LogP contribution in [0.4, 0.5) is 0 Å². The highest BCUT2D eigenvalue weighted by atomic mass is 35.5. The Hall–Kier alpha value is -2.65. The minimum absolute atomic E-state index is 0.186. The van der Waals surface area contributed by atoms with Crippen LogP contribution in [0.5, 0.6) is 11.5 Å². The number of aromatic nitrogens is 1. The smallest absolute Gasteiger partial charge is 0.220 e. The van der Waals surface area contributed by atoms with Gasteiger partial charge in [-0.1, -0.05) is 35.9 Å². The van der Waals surface area contributed by atoms with E-state index in [1.54, 1.807) is 33.3 Å². The third-order valence-electron chi connectivity index (χ3n) is 5.75. The molecule has 0 bridgehead atoms. The summed E-state index contributed by atoms with van der Waals surface area (Å²) in [4.78, 5) is 4.36. The Kier molecular flexibility index (Phi) is 9.73. The molecule has 0 spiro atoms. The van der Waals surface area contributed by atoms with E-state index in [9.17, 15) is 8.42 Å². The van der Waals surface area contributed by atoms with Crippen LogP contribution in [0.2, 0.25) is 5.02 Å². The van der Waals surface area contributed by atoms with Crippen molar-refractivity contribution in [2.45, 2.75) is 51.3 Å². The summed E-state index contributed by atoms with van der Waals surface area (Å²) in [5, 5.41) is -0.441. The van der Waals surface area contributed by atoms with E-state index in [0.29, 0.717) is 22.2 Å². The zero-order valence-electron chi connectivity index (χ0n) is 21.2. The van der Waals surface area contributed by atoms with Crippen molar-refractivity contribution in [1.82, 2.24) is 9.29 Å². The van der Waals surface area contributed by atoms with E-state index in [1.807, 2.05) is 62.4 Å². The molecule has 0 aliphatic rings. The third-order valence-corrected chi connectivity index (χ3v) is 8.14. The molecule has 36 heavy (non-hydrogen) atoms. The number of rotatable bonds is 12. The van der Waals surface area contributed by atoms with Crippen LogP contribution in [0.25, 0.3) is 0 Å². The van der Waals surface area contributed by atoms with Crippen LogP contribution in [0.1, 0.15) is 43.7 Å². The molecule has 0 aliphatic carbocycles. The number of benzene rings is 2. The Morgan fingerprint density at radius 1 is 0.833 bits per heavy atom. The highest BCUT2D eigenvalue weighted by molar-refractivity contribution is 7.89. The van der Waals surface area contributed by atoms with E-state index in [4.69, 9.17) is 25.8 Å². The molecule has 0 N–H and O–H groups in total. The molecule has 9 heteroatoms. The Labute approximate surface area is 219 Å². The van der Waals surface area contributed by atoms with Crippen molar-refractivity contribution < 1.29 is 22.6 Å². The summed E-state index contributed by atoms with van der Waals surface area (Å²) >= 11 is 6.02. The molecule has 7 nitrogen and oxygen atoms in total. The van der Waals surface area contributed by atoms with Crippen molar-refractivity contribution in [3.8, 4) is 11.5 Å². The van der Waals surface area contributed by atoms with Crippen molar-refractivity contribution in [2.75, 3.05) is 14.2 Å². The molecule has 0 fully saturated rings. The van der Waals surface area contributed by atoms with Gasteiger partial charge in [0.25, 0.3) is 0 Å². The molecular formula is C27H33ClN2O5S. The fraction of sp³-hybridized carbons (Fsp3) is 0.370. The fourth-order valence-corrected chi connectivity index (χ4v) is 5.52. The van der Waals surface area contributed by atoms with Crippen LogP contribution >= 0.6 is 11.6 Å². The minimum atomic E-state index is -3.86. The molecule has 2 atom stereocenters. The van der Waals surface area contributed by atoms with Crippen molar-refractivity contribution >= 4 is 21.6 Å². The van der Waals surface area contributed by atoms with E-state index in [0.717, 1.165) is 11.1 Å². The molecule has 194 valence electrons. The summed E-state index contributed by atoms with van der Waals surface area (Å²) in [6.07, 6.45) is 0.516. The Morgan fingerprint density at radius 3 is 1.72 bits per heavy atom. The van der Waals surface area contributed by atoms with Crippen molar-refractivity contribution in [2.24, 2.45) is 0 Å². The molecule has 0 saturated carbocycles. The lowest BCUT2D eigenvalue weighted by molar-refractivity contribution is 0.00319. The predicted octanol–water partition coefficient (Wildman–Crippen LogP) is 5.64. The van der Waals surface area contributed by atoms with E-state index < -0.39 is 21.4 Å². The molecule has 0 saturated heterocycles. The van der Waals surface area contributed by atoms with Crippen LogP contribution in [0.3, 0.4) is 0 Å². The maximum atomic E-state index is 14.1. The van der Waals surface area contributed by atoms with Gasteiger partial charge in [0.05, 0.1) is 31.0 Å². The highest BCUT2D eigenvalue weighted by Gasteiger charge is 2.37. The van der Waals surface area contributed by atoms with Gasteiger partial charge in [-0.15, -0.1) is 0 Å². The predicted molar refractivity (Wildman–Crippen MR) is 142 cm³/mol. The second kappa shape index (κ2) is 12.5. The average molecular weight is 533 g/mol. The summed E-state index contributed by atoms with van der Waals surface area (Å²) in [6, 6.07) is 18.1. The quantitative estimate of drug-likeness (QED) is 0.300. The lowest BCUT2D eigenvalue weighted by Crippen LogP contribution is -2.41. The first-order chi connectivity index (χ1) is 17.1. The number of halogens is 1. The summed E-state index contributed by atoms with van der Waals surface area (Å²) in [5.41, 5.74) is 2.19. The second-order valence-electron chi connectivity index (χ2n) is 8.72. The van der Waals surface area contributed by atoms with Crippen molar-refractivity contribution in [1.29, 1.82) is 0 Å². The van der Waals surface area contributed by atoms with Gasteiger partial charge in [-0.25, -0.2) is 8.42 Å². The summed E-state index contributed by atoms with van der Waals surface area (Å²) in [5.74, 6) is 1.41. The van der Waals surface area contributed by atoms with Gasteiger partial charge in [-0.05, 0) is 68.3 Å². The number of sulfonamides is 1. The lowest BCUT2D eigenvalue weighted by Gasteiger charge is -2.31. The number of methoxy groups -OCH3 is 2. The Bertz CT molecular complexity index is 1150. The molecule has 3 aromatic rings. The topological polar surface area (TPSA) is 78.0 Å². The van der Waals surface area contributed by atoms with Crippen LogP contribution in [0, 0.1) is 0 Å². The number of nitrogens with zero attached hydrogens (tertiary/aromatic N) is 2. The fourth-order valence-electron chi connectivity index (χ4n) is 3.77. The van der Waals surface area contributed by atoms with Gasteiger partial charge >= 0.3 is 0 Å². The SMILES string of the molecule is COc1ccc(CN(Cc2ccc(OC)cc2)S(=O)(=O)[C@H](C)[C@H](OC(C)C)c2ccc(Cl)cn2)cc1. The molecule has 1 aromatic heterocycles. The molecule has 1 heterocycles. The van der Waals surface area contributed by atoms with Crippen LogP contribution in [-0.4, -0.2) is 43.3 Å². The van der Waals surface area contributed by atoms with Gasteiger partial charge in [0.15, 0.2) is 0 Å². The molecule has 0 radical (unpaired) electrons. The number of ether oxygens (including phenoxy) is 3. The molecule has 2 aromatic carbocycles. The van der Waals surface area contributed by atoms with E-state index in [2.05, 4.69) is 4.98 Å². The number of hydrogen-bond donors (Lipinski definition) is 0. The molecule has 3 rings (SSSR count). The van der Waals surface area contributed by atoms with Gasteiger partial charge in [0.2, 0.25) is 10.0 Å². The van der Waals surface area contributed by atoms with Crippen LogP contribution < -0.4 is 9.47 Å². The normalized spacial score (nSPS) is 13.6. The van der Waals surface area contributed by atoms with E-state index in [1.165, 1.54) is 10.5 Å². The summed E-state index contributed by atoms with van der Waals surface area (Å²) in [6.45, 7) is 5.77. The summed E-state index contributed by atoms with van der Waals surface area (Å²) < 4.78 is 46.2. The Morgan fingerprint density at radius 2 is 1.33 bits per heavy atom. The van der Waals surface area contributed by atoms with Crippen LogP contribution in [-0.2, 0) is 27.8 Å². The highest BCUT2D eigenvalue weighted by Crippen LogP contribution is 2.30. The van der Waals surface area contributed by atoms with Crippen molar-refractivity contribution in [3.63, 3.8) is 0 Å². The number of hydrogen-bond acceptors (Lipinski definition) is 6. The first-order valence-corrected chi connectivity index (χ1v) is 13.5. The maximum Gasteiger partial charge on any atom is 0.220 e. The first-order valence-electron chi connectivity index (χ1n) is 11.7. The van der Waals surface area contributed by atoms with Crippen LogP contribution in [0.15, 0.2) is 66.9 Å². The standard InChI is InChI=1S/C27H33ClN2O5S/c1-19(2)35-27(26-15-10-23(28)16-29-26)20(3)36(31,32)30(17-21-6-11-24(33-4)12-7-21)18-22-8-13-25(34-5)14-9-22/h6-16,19-20,27H,17-18H2,1-5H3/t20-,27+/m1/s1. The molecule has 0 unspecified atom stereocenters. The molecule has 0 aliphatic heterocycles.